The van der Waals surface area contributed by atoms with E-state index in [9.17, 15) is 9.90 Å². The number of carbonyl (C=O) groups is 1. The van der Waals surface area contributed by atoms with Gasteiger partial charge in [-0.3, -0.25) is 4.79 Å². The molecule has 5 nitrogen and oxygen atoms in total. The highest BCUT2D eigenvalue weighted by Crippen LogP contribution is 2.62. The summed E-state index contributed by atoms with van der Waals surface area (Å²) in [6.07, 6.45) is 0.887. The van der Waals surface area contributed by atoms with Crippen LogP contribution in [0.5, 0.6) is 0 Å². The molecule has 0 amide bonds. The Hall–Kier alpha value is -1.43. The molecule has 5 heteroatoms. The van der Waals surface area contributed by atoms with E-state index < -0.39 is 11.2 Å². The van der Waals surface area contributed by atoms with E-state index in [2.05, 4.69) is 0 Å². The fourth-order valence-electron chi connectivity index (χ4n) is 4.79. The zero-order valence-electron chi connectivity index (χ0n) is 14.1. The maximum Gasteiger partial charge on any atom is 0.315 e. The van der Waals surface area contributed by atoms with E-state index in [-0.39, 0.29) is 43.2 Å². The summed E-state index contributed by atoms with van der Waals surface area (Å²) in [5.74, 6) is -0.677. The number of aliphatic hydroxyl groups excluding tert-OH is 1. The molecule has 2 bridgehead atoms. The van der Waals surface area contributed by atoms with E-state index in [0.29, 0.717) is 12.8 Å². The summed E-state index contributed by atoms with van der Waals surface area (Å²) in [5.41, 5.74) is 0.277. The minimum absolute atomic E-state index is 0.0748. The molecule has 0 spiro atoms. The lowest BCUT2D eigenvalue weighted by Crippen LogP contribution is -2.46. The molecular formula is C19H24O5. The van der Waals surface area contributed by atoms with Crippen LogP contribution in [0.15, 0.2) is 30.3 Å². The first-order chi connectivity index (χ1) is 11.5. The number of hydrogen-bond donors (Lipinski definition) is 1. The van der Waals surface area contributed by atoms with Crippen LogP contribution >= 0.6 is 0 Å². The van der Waals surface area contributed by atoms with Gasteiger partial charge in [0, 0.05) is 6.61 Å². The quantitative estimate of drug-likeness (QED) is 0.857. The minimum Gasteiger partial charge on any atom is -0.460 e. The molecule has 1 aliphatic heterocycles. The largest absolute Gasteiger partial charge is 0.460 e. The van der Waals surface area contributed by atoms with Gasteiger partial charge in [-0.05, 0) is 44.1 Å². The number of esters is 1. The molecule has 1 N–H and O–H groups in total. The lowest BCUT2D eigenvalue weighted by atomic mass is 9.76. The molecule has 1 aromatic rings. The number of carbonyl (C=O) groups excluding carboxylic acids is 1. The molecule has 0 aromatic heterocycles. The Morgan fingerprint density at radius 2 is 2.00 bits per heavy atom. The average Bonchev–Trinajstić information content (AvgIpc) is 3.19. The van der Waals surface area contributed by atoms with Crippen molar-refractivity contribution in [2.45, 2.75) is 51.3 Å². The first-order valence-electron chi connectivity index (χ1n) is 8.63. The molecule has 4 rings (SSSR count). The van der Waals surface area contributed by atoms with Crippen molar-refractivity contribution in [3.63, 3.8) is 0 Å². The Labute approximate surface area is 141 Å². The van der Waals surface area contributed by atoms with Crippen LogP contribution in [-0.2, 0) is 25.6 Å². The second-order valence-corrected chi connectivity index (χ2v) is 7.75. The molecule has 0 unspecified atom stereocenters. The van der Waals surface area contributed by atoms with Crippen LogP contribution in [0, 0.1) is 17.3 Å². The van der Waals surface area contributed by atoms with Gasteiger partial charge in [-0.1, -0.05) is 30.3 Å². The summed E-state index contributed by atoms with van der Waals surface area (Å²) in [7, 11) is 0. The van der Waals surface area contributed by atoms with Crippen molar-refractivity contribution < 1.29 is 24.1 Å². The summed E-state index contributed by atoms with van der Waals surface area (Å²) in [4.78, 5) is 13.0. The average molecular weight is 332 g/mol. The van der Waals surface area contributed by atoms with Crippen LogP contribution in [0.25, 0.3) is 0 Å². The zero-order chi connectivity index (χ0) is 16.9. The monoisotopic (exact) mass is 332 g/mol. The Bertz CT molecular complexity index is 624. The van der Waals surface area contributed by atoms with Crippen molar-refractivity contribution in [2.75, 3.05) is 6.61 Å². The number of fused-ring (bicyclic) bond motifs is 5. The van der Waals surface area contributed by atoms with E-state index >= 15 is 0 Å². The van der Waals surface area contributed by atoms with Crippen molar-refractivity contribution in [3.8, 4) is 0 Å². The Morgan fingerprint density at radius 3 is 2.71 bits per heavy atom. The van der Waals surface area contributed by atoms with Gasteiger partial charge in [0.25, 0.3) is 0 Å². The van der Waals surface area contributed by atoms with Gasteiger partial charge in [-0.25, -0.2) is 0 Å². The summed E-state index contributed by atoms with van der Waals surface area (Å²) in [6, 6.07) is 9.67. The molecular weight excluding hydrogens is 308 g/mol. The van der Waals surface area contributed by atoms with Crippen molar-refractivity contribution >= 4 is 5.97 Å². The molecule has 2 aliphatic carbocycles. The third-order valence-corrected chi connectivity index (χ3v) is 5.78. The number of rotatable bonds is 4. The molecule has 3 aliphatic rings. The van der Waals surface area contributed by atoms with E-state index in [4.69, 9.17) is 14.2 Å². The second-order valence-electron chi connectivity index (χ2n) is 7.75. The highest BCUT2D eigenvalue weighted by Gasteiger charge is 2.71. The maximum absolute atomic E-state index is 13.0. The molecule has 130 valence electrons. The van der Waals surface area contributed by atoms with Crippen molar-refractivity contribution in [1.29, 1.82) is 0 Å². The molecule has 0 radical (unpaired) electrons. The summed E-state index contributed by atoms with van der Waals surface area (Å²) < 4.78 is 17.8. The molecule has 5 atom stereocenters. The van der Waals surface area contributed by atoms with Gasteiger partial charge in [0.05, 0.1) is 11.5 Å². The van der Waals surface area contributed by atoms with Crippen LogP contribution in [0.1, 0.15) is 32.3 Å². The minimum atomic E-state index is -0.691. The van der Waals surface area contributed by atoms with Crippen LogP contribution in [0.2, 0.25) is 0 Å². The third kappa shape index (κ3) is 2.38. The SMILES string of the molecule is CC1(C)O[C@H]2[C@H]3C[C@](C(=O)OCc4ccccc4)(C[C@@H]3CO)[C@H]2O1. The molecule has 1 aromatic carbocycles. The van der Waals surface area contributed by atoms with Crippen LogP contribution in [0.3, 0.4) is 0 Å². The smallest absolute Gasteiger partial charge is 0.315 e. The van der Waals surface area contributed by atoms with Crippen LogP contribution < -0.4 is 0 Å². The summed E-state index contributed by atoms with van der Waals surface area (Å²) in [5, 5.41) is 9.69. The number of aliphatic hydroxyl groups is 1. The third-order valence-electron chi connectivity index (χ3n) is 5.78. The molecule has 2 saturated carbocycles. The van der Waals surface area contributed by atoms with Crippen molar-refractivity contribution in [3.05, 3.63) is 35.9 Å². The second kappa shape index (κ2) is 5.55. The Kier molecular flexibility index (Phi) is 3.71. The van der Waals surface area contributed by atoms with E-state index in [1.807, 2.05) is 44.2 Å². The highest BCUT2D eigenvalue weighted by atomic mass is 16.8. The fourth-order valence-corrected chi connectivity index (χ4v) is 4.79. The number of hydrogen-bond acceptors (Lipinski definition) is 5. The van der Waals surface area contributed by atoms with Gasteiger partial charge in [0.2, 0.25) is 0 Å². The van der Waals surface area contributed by atoms with Crippen molar-refractivity contribution in [2.24, 2.45) is 17.3 Å². The van der Waals surface area contributed by atoms with Crippen LogP contribution in [-0.4, -0.2) is 35.7 Å². The molecule has 24 heavy (non-hydrogen) atoms. The molecule has 1 heterocycles. The fraction of sp³-hybridized carbons (Fsp3) is 0.632. The Morgan fingerprint density at radius 1 is 1.25 bits per heavy atom. The van der Waals surface area contributed by atoms with Crippen molar-refractivity contribution in [1.82, 2.24) is 0 Å². The van der Waals surface area contributed by atoms with Gasteiger partial charge < -0.3 is 19.3 Å². The standard InChI is InChI=1S/C19H24O5/c1-18(2)23-15-14-9-19(16(15)24-18,8-13(14)10-20)17(21)22-11-12-6-4-3-5-7-12/h3-7,13-16,20H,8-11H2,1-2H3/t13-,14+,15+,16+,19-/m1/s1. The van der Waals surface area contributed by atoms with Gasteiger partial charge in [-0.2, -0.15) is 0 Å². The first kappa shape index (κ1) is 16.1. The van der Waals surface area contributed by atoms with Gasteiger partial charge in [0.15, 0.2) is 5.79 Å². The first-order valence-corrected chi connectivity index (χ1v) is 8.63. The van der Waals surface area contributed by atoms with E-state index in [0.717, 1.165) is 5.56 Å². The van der Waals surface area contributed by atoms with Gasteiger partial charge >= 0.3 is 5.97 Å². The lowest BCUT2D eigenvalue weighted by molar-refractivity contribution is -0.181. The van der Waals surface area contributed by atoms with Gasteiger partial charge in [0.1, 0.15) is 12.7 Å². The normalized spacial score (nSPS) is 39.0. The van der Waals surface area contributed by atoms with E-state index in [1.54, 1.807) is 0 Å². The molecule has 1 saturated heterocycles. The lowest BCUT2D eigenvalue weighted by Gasteiger charge is -2.34. The predicted octanol–water partition coefficient (Wildman–Crippen LogP) is 2.27. The highest BCUT2D eigenvalue weighted by molar-refractivity contribution is 5.79. The Balaban J connectivity index is 1.54. The number of benzene rings is 1. The number of ether oxygens (including phenoxy) is 3. The maximum atomic E-state index is 13.0. The van der Waals surface area contributed by atoms with Crippen LogP contribution in [0.4, 0.5) is 0 Å². The topological polar surface area (TPSA) is 65.0 Å². The summed E-state index contributed by atoms with van der Waals surface area (Å²) >= 11 is 0. The molecule has 3 fully saturated rings. The van der Waals surface area contributed by atoms with E-state index in [1.165, 1.54) is 0 Å². The zero-order valence-corrected chi connectivity index (χ0v) is 14.1. The summed E-state index contributed by atoms with van der Waals surface area (Å²) in [6.45, 7) is 4.09. The predicted molar refractivity (Wildman–Crippen MR) is 85.8 cm³/mol. The van der Waals surface area contributed by atoms with Gasteiger partial charge in [-0.15, -0.1) is 0 Å².